The number of benzene rings is 1. The number of ether oxygens (including phenoxy) is 1. The first-order valence-electron chi connectivity index (χ1n) is 4.92. The topological polar surface area (TPSA) is 26.3 Å². The van der Waals surface area contributed by atoms with Gasteiger partial charge in [0.05, 0.1) is 18.1 Å². The standard InChI is InChI=1S/C12H14Cl2O2/c1-6-5-9(16-4)10(7(2)11(6)14)12(15)8(3)13/h5,8H,1-4H3. The van der Waals surface area contributed by atoms with Crippen LogP contribution >= 0.6 is 23.2 Å². The van der Waals surface area contributed by atoms with Crippen LogP contribution in [0.25, 0.3) is 0 Å². The molecule has 0 heterocycles. The molecule has 4 heteroatoms. The minimum absolute atomic E-state index is 0.169. The molecule has 16 heavy (non-hydrogen) atoms. The maximum Gasteiger partial charge on any atom is 0.184 e. The van der Waals surface area contributed by atoms with Crippen molar-refractivity contribution in [3.63, 3.8) is 0 Å². The van der Waals surface area contributed by atoms with Crippen molar-refractivity contribution < 1.29 is 9.53 Å². The van der Waals surface area contributed by atoms with Gasteiger partial charge in [-0.3, -0.25) is 4.79 Å². The molecule has 0 fully saturated rings. The Morgan fingerprint density at radius 2 is 2.00 bits per heavy atom. The summed E-state index contributed by atoms with van der Waals surface area (Å²) >= 11 is 11.9. The van der Waals surface area contributed by atoms with Crippen molar-refractivity contribution in [1.29, 1.82) is 0 Å². The van der Waals surface area contributed by atoms with Crippen molar-refractivity contribution in [2.24, 2.45) is 0 Å². The first-order valence-corrected chi connectivity index (χ1v) is 5.73. The fraction of sp³-hybridized carbons (Fsp3) is 0.417. The zero-order chi connectivity index (χ0) is 12.5. The Morgan fingerprint density at radius 1 is 1.44 bits per heavy atom. The van der Waals surface area contributed by atoms with Crippen LogP contribution in [0.3, 0.4) is 0 Å². The normalized spacial score (nSPS) is 12.4. The summed E-state index contributed by atoms with van der Waals surface area (Å²) in [6.07, 6.45) is 0. The molecule has 1 atom stereocenters. The molecule has 0 amide bonds. The Kier molecular flexibility index (Phi) is 4.22. The van der Waals surface area contributed by atoms with E-state index < -0.39 is 5.38 Å². The molecule has 1 unspecified atom stereocenters. The first-order chi connectivity index (χ1) is 7.40. The van der Waals surface area contributed by atoms with Crippen LogP contribution < -0.4 is 4.74 Å². The average molecular weight is 261 g/mol. The Hall–Kier alpha value is -0.730. The molecule has 0 saturated carbocycles. The van der Waals surface area contributed by atoms with Crippen LogP contribution in [0.5, 0.6) is 5.75 Å². The SMILES string of the molecule is COc1cc(C)c(Cl)c(C)c1C(=O)C(C)Cl. The highest BCUT2D eigenvalue weighted by molar-refractivity contribution is 6.36. The minimum atomic E-state index is -0.591. The van der Waals surface area contributed by atoms with E-state index in [9.17, 15) is 4.79 Å². The quantitative estimate of drug-likeness (QED) is 0.611. The van der Waals surface area contributed by atoms with Gasteiger partial charge in [-0.2, -0.15) is 0 Å². The smallest absolute Gasteiger partial charge is 0.184 e. The van der Waals surface area contributed by atoms with Crippen LogP contribution in [0.1, 0.15) is 28.4 Å². The van der Waals surface area contributed by atoms with Crippen LogP contribution in [-0.2, 0) is 0 Å². The second kappa shape index (κ2) is 5.07. The summed E-state index contributed by atoms with van der Waals surface area (Å²) in [5, 5.41) is -0.00663. The lowest BCUT2D eigenvalue weighted by Crippen LogP contribution is -2.14. The number of ketones is 1. The van der Waals surface area contributed by atoms with E-state index in [4.69, 9.17) is 27.9 Å². The molecule has 0 bridgehead atoms. The maximum atomic E-state index is 11.9. The van der Waals surface area contributed by atoms with Crippen molar-refractivity contribution in [2.45, 2.75) is 26.1 Å². The molecule has 0 aromatic heterocycles. The Labute approximate surface area is 106 Å². The van der Waals surface area contributed by atoms with Crippen LogP contribution in [-0.4, -0.2) is 18.3 Å². The number of carbonyl (C=O) groups is 1. The van der Waals surface area contributed by atoms with E-state index in [1.165, 1.54) is 7.11 Å². The Morgan fingerprint density at radius 3 is 2.44 bits per heavy atom. The van der Waals surface area contributed by atoms with Gasteiger partial charge in [0, 0.05) is 5.02 Å². The van der Waals surface area contributed by atoms with Gasteiger partial charge >= 0.3 is 0 Å². The number of alkyl halides is 1. The summed E-state index contributed by atoms with van der Waals surface area (Å²) in [5.74, 6) is 0.356. The van der Waals surface area contributed by atoms with Gasteiger partial charge in [-0.15, -0.1) is 11.6 Å². The van der Waals surface area contributed by atoms with Gasteiger partial charge < -0.3 is 4.74 Å². The number of hydrogen-bond donors (Lipinski definition) is 0. The van der Waals surface area contributed by atoms with E-state index in [1.807, 2.05) is 6.92 Å². The molecule has 0 radical (unpaired) electrons. The van der Waals surface area contributed by atoms with Gasteiger partial charge in [0.2, 0.25) is 0 Å². The van der Waals surface area contributed by atoms with E-state index in [-0.39, 0.29) is 5.78 Å². The largest absolute Gasteiger partial charge is 0.496 e. The van der Waals surface area contributed by atoms with Crippen molar-refractivity contribution >= 4 is 29.0 Å². The lowest BCUT2D eigenvalue weighted by molar-refractivity contribution is 0.0988. The number of halogens is 2. The minimum Gasteiger partial charge on any atom is -0.496 e. The third-order valence-corrected chi connectivity index (χ3v) is 3.25. The number of methoxy groups -OCH3 is 1. The van der Waals surface area contributed by atoms with Crippen molar-refractivity contribution in [1.82, 2.24) is 0 Å². The van der Waals surface area contributed by atoms with Crippen molar-refractivity contribution in [3.05, 3.63) is 27.8 Å². The number of Topliss-reactive ketones (excluding diaryl/α,β-unsaturated/α-hetero) is 1. The predicted octanol–water partition coefficient (Wildman–Crippen LogP) is 3.78. The second-order valence-corrected chi connectivity index (χ2v) is 4.72. The molecule has 0 N–H and O–H groups in total. The molecule has 0 aliphatic heterocycles. The van der Waals surface area contributed by atoms with Crippen molar-refractivity contribution in [3.8, 4) is 5.75 Å². The summed E-state index contributed by atoms with van der Waals surface area (Å²) in [6, 6.07) is 1.75. The summed E-state index contributed by atoms with van der Waals surface area (Å²) in [7, 11) is 1.53. The van der Waals surface area contributed by atoms with Gasteiger partial charge in [0.25, 0.3) is 0 Å². The molecule has 0 aliphatic carbocycles. The fourth-order valence-corrected chi connectivity index (χ4v) is 1.85. The number of rotatable bonds is 3. The van der Waals surface area contributed by atoms with E-state index in [1.54, 1.807) is 19.9 Å². The van der Waals surface area contributed by atoms with Gasteiger partial charge in [0.15, 0.2) is 5.78 Å². The number of hydrogen-bond acceptors (Lipinski definition) is 2. The van der Waals surface area contributed by atoms with Crippen LogP contribution in [0, 0.1) is 13.8 Å². The van der Waals surface area contributed by atoms with Gasteiger partial charge in [-0.25, -0.2) is 0 Å². The highest BCUT2D eigenvalue weighted by Crippen LogP contribution is 2.32. The highest BCUT2D eigenvalue weighted by Gasteiger charge is 2.22. The maximum absolute atomic E-state index is 11.9. The molecular formula is C12H14Cl2O2. The molecule has 1 aromatic carbocycles. The third-order valence-electron chi connectivity index (χ3n) is 2.47. The van der Waals surface area contributed by atoms with E-state index >= 15 is 0 Å². The van der Waals surface area contributed by atoms with Crippen molar-refractivity contribution in [2.75, 3.05) is 7.11 Å². The molecule has 1 rings (SSSR count). The summed E-state index contributed by atoms with van der Waals surface area (Å²) in [6.45, 7) is 5.30. The number of carbonyl (C=O) groups excluding carboxylic acids is 1. The molecule has 0 aliphatic rings. The monoisotopic (exact) mass is 260 g/mol. The van der Waals surface area contributed by atoms with Crippen LogP contribution in [0.15, 0.2) is 6.07 Å². The molecular weight excluding hydrogens is 247 g/mol. The predicted molar refractivity (Wildman–Crippen MR) is 67.1 cm³/mol. The fourth-order valence-electron chi connectivity index (χ4n) is 1.59. The highest BCUT2D eigenvalue weighted by atomic mass is 35.5. The van der Waals surface area contributed by atoms with E-state index in [2.05, 4.69) is 0 Å². The molecule has 2 nitrogen and oxygen atoms in total. The van der Waals surface area contributed by atoms with Crippen LogP contribution in [0.4, 0.5) is 0 Å². The first kappa shape index (κ1) is 13.3. The molecule has 0 saturated heterocycles. The average Bonchev–Trinajstić information content (AvgIpc) is 2.24. The summed E-state index contributed by atoms with van der Waals surface area (Å²) < 4.78 is 5.20. The third kappa shape index (κ3) is 2.33. The molecule has 0 spiro atoms. The zero-order valence-corrected chi connectivity index (χ0v) is 11.2. The van der Waals surface area contributed by atoms with E-state index in [0.717, 1.165) is 11.1 Å². The van der Waals surface area contributed by atoms with Crippen LogP contribution in [0.2, 0.25) is 5.02 Å². The summed E-state index contributed by atoms with van der Waals surface area (Å²) in [4.78, 5) is 11.9. The lowest BCUT2D eigenvalue weighted by Gasteiger charge is -2.14. The molecule has 1 aromatic rings. The second-order valence-electron chi connectivity index (χ2n) is 3.69. The summed E-state index contributed by atoms with van der Waals surface area (Å²) in [5.41, 5.74) is 2.08. The Balaban J connectivity index is 3.47. The Bertz CT molecular complexity index is 426. The van der Waals surface area contributed by atoms with Gasteiger partial charge in [-0.05, 0) is 38.0 Å². The van der Waals surface area contributed by atoms with E-state index in [0.29, 0.717) is 16.3 Å². The van der Waals surface area contributed by atoms with Gasteiger partial charge in [-0.1, -0.05) is 11.6 Å². The zero-order valence-electron chi connectivity index (χ0n) is 9.73. The van der Waals surface area contributed by atoms with Gasteiger partial charge in [0.1, 0.15) is 5.75 Å². The lowest BCUT2D eigenvalue weighted by atomic mass is 9.99. The molecule has 88 valence electrons. The number of aryl methyl sites for hydroxylation is 1.